The minimum atomic E-state index is -0.761. The van der Waals surface area contributed by atoms with Gasteiger partial charge in [0.05, 0.1) is 0 Å². The molecule has 0 saturated carbocycles. The van der Waals surface area contributed by atoms with E-state index in [1.807, 2.05) is 0 Å². The Bertz CT molecular complexity index is 872. The van der Waals surface area contributed by atoms with E-state index in [-0.39, 0.29) is 31.1 Å². The Labute approximate surface area is 355 Å². The predicted molar refractivity (Wildman–Crippen MR) is 243 cm³/mol. The van der Waals surface area contributed by atoms with Crippen LogP contribution >= 0.6 is 0 Å². The summed E-state index contributed by atoms with van der Waals surface area (Å²) in [5.41, 5.74) is 0. The second-order valence-corrected chi connectivity index (χ2v) is 18.2. The molecule has 0 aromatic rings. The fourth-order valence-electron chi connectivity index (χ4n) is 7.60. The zero-order valence-corrected chi connectivity index (χ0v) is 39.0. The molecular formula is C51H98O6. The first-order valence-electron chi connectivity index (χ1n) is 25.3. The molecule has 338 valence electrons. The Kier molecular flexibility index (Phi) is 42.7. The van der Waals surface area contributed by atoms with E-state index in [1.54, 1.807) is 0 Å². The first-order chi connectivity index (χ1) is 27.8. The molecule has 0 N–H and O–H groups in total. The lowest BCUT2D eigenvalue weighted by atomic mass is 9.99. The molecule has 0 spiro atoms. The summed E-state index contributed by atoms with van der Waals surface area (Å²) < 4.78 is 16.8. The van der Waals surface area contributed by atoms with Gasteiger partial charge in [0, 0.05) is 19.3 Å². The molecule has 1 unspecified atom stereocenters. The Hall–Kier alpha value is -1.59. The van der Waals surface area contributed by atoms with Crippen LogP contribution in [0.4, 0.5) is 0 Å². The zero-order chi connectivity index (χ0) is 41.9. The minimum Gasteiger partial charge on any atom is -0.462 e. The minimum absolute atomic E-state index is 0.0642. The van der Waals surface area contributed by atoms with Gasteiger partial charge in [0.15, 0.2) is 6.10 Å². The van der Waals surface area contributed by atoms with Crippen LogP contribution in [0.15, 0.2) is 0 Å². The quantitative estimate of drug-likeness (QED) is 0.0346. The second kappa shape index (κ2) is 44.0. The molecule has 0 saturated heterocycles. The van der Waals surface area contributed by atoms with Crippen LogP contribution in [0.5, 0.6) is 0 Å². The van der Waals surface area contributed by atoms with Crippen molar-refractivity contribution in [3.8, 4) is 0 Å². The maximum Gasteiger partial charge on any atom is 0.306 e. The number of carbonyl (C=O) groups is 3. The molecule has 0 amide bonds. The topological polar surface area (TPSA) is 78.9 Å². The highest BCUT2D eigenvalue weighted by Gasteiger charge is 2.19. The summed E-state index contributed by atoms with van der Waals surface area (Å²) in [6.45, 7) is 11.4. The van der Waals surface area contributed by atoms with Gasteiger partial charge in [0.25, 0.3) is 0 Å². The van der Waals surface area contributed by atoms with E-state index in [9.17, 15) is 14.4 Å². The number of rotatable bonds is 45. The SMILES string of the molecule is CCCCCCCCCCCCCC(=O)OC[C@@H](COC(=O)CCCCCCCCCCCCCCCC(C)C)OC(=O)CCCCCCCCCCC(C)CC. The smallest absolute Gasteiger partial charge is 0.306 e. The van der Waals surface area contributed by atoms with Gasteiger partial charge in [-0.05, 0) is 31.1 Å². The van der Waals surface area contributed by atoms with Crippen LogP contribution in [-0.4, -0.2) is 37.2 Å². The third-order valence-electron chi connectivity index (χ3n) is 11.8. The van der Waals surface area contributed by atoms with Crippen molar-refractivity contribution in [1.82, 2.24) is 0 Å². The van der Waals surface area contributed by atoms with Gasteiger partial charge in [0.2, 0.25) is 0 Å². The number of hydrogen-bond donors (Lipinski definition) is 0. The second-order valence-electron chi connectivity index (χ2n) is 18.2. The lowest BCUT2D eigenvalue weighted by Gasteiger charge is -2.18. The number of unbranched alkanes of at least 4 members (excludes halogenated alkanes) is 29. The van der Waals surface area contributed by atoms with Gasteiger partial charge in [-0.3, -0.25) is 14.4 Å². The Morgan fingerprint density at radius 3 is 1.00 bits per heavy atom. The van der Waals surface area contributed by atoms with Gasteiger partial charge in [-0.1, -0.05) is 240 Å². The van der Waals surface area contributed by atoms with Crippen molar-refractivity contribution in [2.45, 2.75) is 285 Å². The van der Waals surface area contributed by atoms with E-state index < -0.39 is 6.10 Å². The monoisotopic (exact) mass is 807 g/mol. The molecule has 0 aromatic carbocycles. The first kappa shape index (κ1) is 55.4. The average Bonchev–Trinajstić information content (AvgIpc) is 3.19. The van der Waals surface area contributed by atoms with Gasteiger partial charge < -0.3 is 14.2 Å². The summed E-state index contributed by atoms with van der Waals surface area (Å²) in [6, 6.07) is 0. The number of hydrogen-bond acceptors (Lipinski definition) is 6. The molecule has 57 heavy (non-hydrogen) atoms. The normalized spacial score (nSPS) is 12.5. The van der Waals surface area contributed by atoms with Crippen LogP contribution in [0.1, 0.15) is 279 Å². The van der Waals surface area contributed by atoms with E-state index in [1.165, 1.54) is 167 Å². The van der Waals surface area contributed by atoms with Crippen LogP contribution in [0.2, 0.25) is 0 Å². The van der Waals surface area contributed by atoms with Crippen molar-refractivity contribution in [1.29, 1.82) is 0 Å². The van der Waals surface area contributed by atoms with Crippen molar-refractivity contribution >= 4 is 17.9 Å². The number of ether oxygens (including phenoxy) is 3. The van der Waals surface area contributed by atoms with E-state index >= 15 is 0 Å². The van der Waals surface area contributed by atoms with Crippen molar-refractivity contribution < 1.29 is 28.6 Å². The summed E-state index contributed by atoms with van der Waals surface area (Å²) >= 11 is 0. The molecule has 0 rings (SSSR count). The fraction of sp³-hybridized carbons (Fsp3) is 0.941. The van der Waals surface area contributed by atoms with Crippen LogP contribution in [0, 0.1) is 11.8 Å². The molecule has 0 bridgehead atoms. The molecule has 0 aliphatic rings. The predicted octanol–water partition coefficient (Wildman–Crippen LogP) is 16.1. The van der Waals surface area contributed by atoms with Gasteiger partial charge >= 0.3 is 17.9 Å². The average molecular weight is 807 g/mol. The Morgan fingerprint density at radius 1 is 0.368 bits per heavy atom. The Balaban J connectivity index is 4.30. The highest BCUT2D eigenvalue weighted by Crippen LogP contribution is 2.18. The largest absolute Gasteiger partial charge is 0.462 e. The third kappa shape index (κ3) is 43.8. The maximum absolute atomic E-state index is 12.7. The number of esters is 3. The highest BCUT2D eigenvalue weighted by molar-refractivity contribution is 5.71. The van der Waals surface area contributed by atoms with Crippen LogP contribution in [-0.2, 0) is 28.6 Å². The van der Waals surface area contributed by atoms with Crippen LogP contribution < -0.4 is 0 Å². The molecule has 0 aliphatic carbocycles. The number of carbonyl (C=O) groups excluding carboxylic acids is 3. The molecule has 6 nitrogen and oxygen atoms in total. The van der Waals surface area contributed by atoms with E-state index in [4.69, 9.17) is 14.2 Å². The molecular weight excluding hydrogens is 709 g/mol. The van der Waals surface area contributed by atoms with Crippen molar-refractivity contribution in [2.24, 2.45) is 11.8 Å². The lowest BCUT2D eigenvalue weighted by molar-refractivity contribution is -0.167. The molecule has 6 heteroatoms. The van der Waals surface area contributed by atoms with Crippen molar-refractivity contribution in [3.05, 3.63) is 0 Å². The fourth-order valence-corrected chi connectivity index (χ4v) is 7.60. The summed E-state index contributed by atoms with van der Waals surface area (Å²) in [5, 5.41) is 0. The first-order valence-corrected chi connectivity index (χ1v) is 25.3. The molecule has 0 fully saturated rings. The lowest BCUT2D eigenvalue weighted by Crippen LogP contribution is -2.30. The van der Waals surface area contributed by atoms with Crippen LogP contribution in [0.25, 0.3) is 0 Å². The van der Waals surface area contributed by atoms with Crippen molar-refractivity contribution in [2.75, 3.05) is 13.2 Å². The summed E-state index contributed by atoms with van der Waals surface area (Å²) in [6.07, 6.45) is 43.7. The van der Waals surface area contributed by atoms with E-state index in [2.05, 4.69) is 34.6 Å². The van der Waals surface area contributed by atoms with Gasteiger partial charge in [-0.2, -0.15) is 0 Å². The van der Waals surface area contributed by atoms with Crippen LogP contribution in [0.3, 0.4) is 0 Å². The summed E-state index contributed by atoms with van der Waals surface area (Å²) in [4.78, 5) is 37.9. The van der Waals surface area contributed by atoms with E-state index in [0.717, 1.165) is 69.6 Å². The summed E-state index contributed by atoms with van der Waals surface area (Å²) in [7, 11) is 0. The molecule has 0 aliphatic heterocycles. The van der Waals surface area contributed by atoms with Gasteiger partial charge in [-0.25, -0.2) is 0 Å². The molecule has 0 aromatic heterocycles. The molecule has 0 radical (unpaired) electrons. The van der Waals surface area contributed by atoms with E-state index in [0.29, 0.717) is 19.3 Å². The molecule has 2 atom stereocenters. The Morgan fingerprint density at radius 2 is 0.667 bits per heavy atom. The maximum atomic E-state index is 12.7. The van der Waals surface area contributed by atoms with Crippen molar-refractivity contribution in [3.63, 3.8) is 0 Å². The standard InChI is InChI=1S/C51H98O6/c1-6-8-9-10-11-12-16-20-26-31-36-41-49(52)55-44-48(57-51(54)43-38-33-28-23-22-25-30-35-40-47(5)7-2)45-56-50(53)42-37-32-27-21-18-15-13-14-17-19-24-29-34-39-46(3)4/h46-48H,6-45H2,1-5H3/t47?,48-/m0/s1. The third-order valence-corrected chi connectivity index (χ3v) is 11.8. The highest BCUT2D eigenvalue weighted by atomic mass is 16.6. The summed E-state index contributed by atoms with van der Waals surface area (Å²) in [5.74, 6) is 0.833. The van der Waals surface area contributed by atoms with Gasteiger partial charge in [-0.15, -0.1) is 0 Å². The van der Waals surface area contributed by atoms with Gasteiger partial charge in [0.1, 0.15) is 13.2 Å². The zero-order valence-electron chi connectivity index (χ0n) is 39.0. The molecule has 0 heterocycles.